The molecule has 0 saturated heterocycles. The number of nitrogens with zero attached hydrogens (tertiary/aromatic N) is 1. The molecule has 3 rings (SSSR count). The van der Waals surface area contributed by atoms with Gasteiger partial charge in [-0.3, -0.25) is 0 Å². The predicted molar refractivity (Wildman–Crippen MR) is 71.3 cm³/mol. The highest BCUT2D eigenvalue weighted by molar-refractivity contribution is 5.36. The van der Waals surface area contributed by atoms with Gasteiger partial charge < -0.3 is 4.90 Å². The Balaban J connectivity index is 1.82. The van der Waals surface area contributed by atoms with Gasteiger partial charge in [0.1, 0.15) is 0 Å². The Morgan fingerprint density at radius 2 is 1.65 bits per heavy atom. The minimum absolute atomic E-state index is 1.04. The molecule has 1 nitrogen and oxygen atoms in total. The number of hydrogen-bond acceptors (Lipinski definition) is 1. The van der Waals surface area contributed by atoms with E-state index >= 15 is 0 Å². The molecule has 0 bridgehead atoms. The van der Waals surface area contributed by atoms with Crippen LogP contribution in [0.15, 0.2) is 59.8 Å². The van der Waals surface area contributed by atoms with Crippen LogP contribution in [0, 0.1) is 0 Å². The molecule has 2 aliphatic rings. The third-order valence-electron chi connectivity index (χ3n) is 3.49. The highest BCUT2D eigenvalue weighted by atomic mass is 15.1. The van der Waals surface area contributed by atoms with Gasteiger partial charge in [-0.15, -0.1) is 0 Å². The van der Waals surface area contributed by atoms with Gasteiger partial charge in [0.2, 0.25) is 0 Å². The Bertz CT molecular complexity index is 495. The van der Waals surface area contributed by atoms with Crippen molar-refractivity contribution in [3.8, 4) is 0 Å². The second-order valence-corrected chi connectivity index (χ2v) is 4.77. The molecule has 0 radical (unpaired) electrons. The van der Waals surface area contributed by atoms with Gasteiger partial charge in [0, 0.05) is 18.8 Å². The zero-order valence-corrected chi connectivity index (χ0v) is 10.2. The topological polar surface area (TPSA) is 3.24 Å². The quantitative estimate of drug-likeness (QED) is 0.700. The number of fused-ring (bicyclic) bond motifs is 1. The summed E-state index contributed by atoms with van der Waals surface area (Å²) in [7, 11) is 0. The minimum atomic E-state index is 1.04. The zero-order valence-electron chi connectivity index (χ0n) is 10.2. The summed E-state index contributed by atoms with van der Waals surface area (Å²) in [6.45, 7) is 4.25. The van der Waals surface area contributed by atoms with Gasteiger partial charge in [-0.05, 0) is 30.5 Å². The van der Waals surface area contributed by atoms with Gasteiger partial charge in [-0.1, -0.05) is 48.1 Å². The SMILES string of the molecule is CC1=CCC=C(N2Cc3ccccc3C2)C=C1. The monoisotopic (exact) mass is 223 g/mol. The lowest BCUT2D eigenvalue weighted by Gasteiger charge is -2.18. The minimum Gasteiger partial charge on any atom is -0.363 e. The number of hydrogen-bond donors (Lipinski definition) is 0. The van der Waals surface area contributed by atoms with Gasteiger partial charge in [-0.25, -0.2) is 0 Å². The molecule has 86 valence electrons. The first-order chi connectivity index (χ1) is 8.33. The molecule has 1 heteroatoms. The maximum atomic E-state index is 2.45. The van der Waals surface area contributed by atoms with Crippen LogP contribution < -0.4 is 0 Å². The maximum absolute atomic E-state index is 2.45. The van der Waals surface area contributed by atoms with E-state index in [1.165, 1.54) is 22.4 Å². The lowest BCUT2D eigenvalue weighted by Crippen LogP contribution is -2.14. The van der Waals surface area contributed by atoms with E-state index in [1.54, 1.807) is 0 Å². The lowest BCUT2D eigenvalue weighted by atomic mass is 10.1. The molecule has 17 heavy (non-hydrogen) atoms. The Hall–Kier alpha value is -1.76. The molecule has 1 heterocycles. The highest BCUT2D eigenvalue weighted by Gasteiger charge is 2.18. The third-order valence-corrected chi connectivity index (χ3v) is 3.49. The van der Waals surface area contributed by atoms with Crippen LogP contribution in [0.25, 0.3) is 0 Å². The van der Waals surface area contributed by atoms with Crippen molar-refractivity contribution in [1.82, 2.24) is 4.90 Å². The van der Waals surface area contributed by atoms with Crippen LogP contribution in [0.3, 0.4) is 0 Å². The van der Waals surface area contributed by atoms with Gasteiger partial charge in [0.25, 0.3) is 0 Å². The largest absolute Gasteiger partial charge is 0.363 e. The van der Waals surface area contributed by atoms with Crippen molar-refractivity contribution in [2.75, 3.05) is 0 Å². The number of benzene rings is 1. The lowest BCUT2D eigenvalue weighted by molar-refractivity contribution is 0.374. The molecular weight excluding hydrogens is 206 g/mol. The van der Waals surface area contributed by atoms with Crippen molar-refractivity contribution in [1.29, 1.82) is 0 Å². The highest BCUT2D eigenvalue weighted by Crippen LogP contribution is 2.27. The summed E-state index contributed by atoms with van der Waals surface area (Å²) >= 11 is 0. The standard InChI is InChI=1S/C16H17N/c1-13-5-4-8-16(10-9-13)17-11-14-6-2-3-7-15(14)12-17/h2-3,5-10H,4,11-12H2,1H3. The zero-order chi connectivity index (χ0) is 11.7. The van der Waals surface area contributed by atoms with Gasteiger partial charge >= 0.3 is 0 Å². The summed E-state index contributed by atoms with van der Waals surface area (Å²) in [5.41, 5.74) is 5.65. The first-order valence-electron chi connectivity index (χ1n) is 6.20. The van der Waals surface area contributed by atoms with Gasteiger partial charge in [0.05, 0.1) is 0 Å². The van der Waals surface area contributed by atoms with Crippen LogP contribution in [0.2, 0.25) is 0 Å². The van der Waals surface area contributed by atoms with Crippen LogP contribution in [0.1, 0.15) is 24.5 Å². The summed E-state index contributed by atoms with van der Waals surface area (Å²) in [4.78, 5) is 2.45. The molecule has 1 aliphatic carbocycles. The van der Waals surface area contributed by atoms with Crippen LogP contribution >= 0.6 is 0 Å². The van der Waals surface area contributed by atoms with E-state index in [0.29, 0.717) is 0 Å². The molecule has 0 unspecified atom stereocenters. The fraction of sp³-hybridized carbons (Fsp3) is 0.250. The van der Waals surface area contributed by atoms with Crippen molar-refractivity contribution in [3.63, 3.8) is 0 Å². The normalized spacial score (nSPS) is 18.5. The van der Waals surface area contributed by atoms with Crippen LogP contribution in [0.5, 0.6) is 0 Å². The van der Waals surface area contributed by atoms with Crippen LogP contribution in [-0.2, 0) is 13.1 Å². The molecular formula is C16H17N. The first kappa shape index (κ1) is 10.4. The number of rotatable bonds is 1. The summed E-state index contributed by atoms with van der Waals surface area (Å²) in [6.07, 6.45) is 10.1. The molecule has 1 aliphatic heterocycles. The van der Waals surface area contributed by atoms with Crippen molar-refractivity contribution in [2.45, 2.75) is 26.4 Å². The average Bonchev–Trinajstić information content (AvgIpc) is 2.65. The number of allylic oxidation sites excluding steroid dienone is 5. The Labute approximate surface area is 103 Å². The smallest absolute Gasteiger partial charge is 0.0436 e. The second kappa shape index (κ2) is 4.25. The van der Waals surface area contributed by atoms with E-state index in [2.05, 4.69) is 60.4 Å². The van der Waals surface area contributed by atoms with E-state index in [-0.39, 0.29) is 0 Å². The van der Waals surface area contributed by atoms with E-state index < -0.39 is 0 Å². The predicted octanol–water partition coefficient (Wildman–Crippen LogP) is 3.79. The van der Waals surface area contributed by atoms with Crippen molar-refractivity contribution < 1.29 is 0 Å². The molecule has 0 N–H and O–H groups in total. The molecule has 1 aromatic rings. The summed E-state index contributed by atoms with van der Waals surface area (Å²) in [5.74, 6) is 0. The molecule has 0 amide bonds. The summed E-state index contributed by atoms with van der Waals surface area (Å²) < 4.78 is 0. The molecule has 0 aromatic heterocycles. The fourth-order valence-corrected chi connectivity index (χ4v) is 2.47. The van der Waals surface area contributed by atoms with E-state index in [0.717, 1.165) is 19.5 Å². The van der Waals surface area contributed by atoms with Gasteiger partial charge in [0.15, 0.2) is 0 Å². The molecule has 0 spiro atoms. The maximum Gasteiger partial charge on any atom is 0.0436 e. The Morgan fingerprint density at radius 3 is 2.35 bits per heavy atom. The van der Waals surface area contributed by atoms with E-state index in [9.17, 15) is 0 Å². The van der Waals surface area contributed by atoms with E-state index in [4.69, 9.17) is 0 Å². The second-order valence-electron chi connectivity index (χ2n) is 4.77. The van der Waals surface area contributed by atoms with Crippen molar-refractivity contribution in [2.24, 2.45) is 0 Å². The first-order valence-corrected chi connectivity index (χ1v) is 6.20. The van der Waals surface area contributed by atoms with Crippen molar-refractivity contribution in [3.05, 3.63) is 71.0 Å². The molecule has 1 aromatic carbocycles. The van der Waals surface area contributed by atoms with Gasteiger partial charge in [-0.2, -0.15) is 0 Å². The van der Waals surface area contributed by atoms with E-state index in [1.807, 2.05) is 0 Å². The summed E-state index contributed by atoms with van der Waals surface area (Å²) in [6, 6.07) is 8.73. The van der Waals surface area contributed by atoms with Crippen LogP contribution in [0.4, 0.5) is 0 Å². The molecule has 0 saturated carbocycles. The third kappa shape index (κ3) is 2.05. The molecule has 0 atom stereocenters. The Morgan fingerprint density at radius 1 is 0.941 bits per heavy atom. The fourth-order valence-electron chi connectivity index (χ4n) is 2.47. The average molecular weight is 223 g/mol. The van der Waals surface area contributed by atoms with Crippen molar-refractivity contribution >= 4 is 0 Å². The Kier molecular flexibility index (Phi) is 2.60. The van der Waals surface area contributed by atoms with Crippen LogP contribution in [-0.4, -0.2) is 4.90 Å². The molecule has 0 fully saturated rings. The summed E-state index contributed by atoms with van der Waals surface area (Å²) in [5, 5.41) is 0.